The van der Waals surface area contributed by atoms with Crippen LogP contribution >= 0.6 is 43.2 Å². The first-order valence-corrected chi connectivity index (χ1v) is 9.30. The number of nitrogens with one attached hydrogen (secondary N) is 3. The lowest BCUT2D eigenvalue weighted by Gasteiger charge is -2.09. The van der Waals surface area contributed by atoms with E-state index in [9.17, 15) is 9.59 Å². The summed E-state index contributed by atoms with van der Waals surface area (Å²) >= 11 is 8.40. The second-order valence-electron chi connectivity index (χ2n) is 4.61. The summed E-state index contributed by atoms with van der Waals surface area (Å²) in [4.78, 5) is 24.6. The van der Waals surface area contributed by atoms with Gasteiger partial charge in [-0.05, 0) is 52.0 Å². The zero-order valence-electron chi connectivity index (χ0n) is 12.1. The molecule has 5 nitrogen and oxygen atoms in total. The molecule has 0 aliphatic rings. The van der Waals surface area contributed by atoms with Gasteiger partial charge in [0, 0.05) is 26.1 Å². The van der Waals surface area contributed by atoms with E-state index in [0.717, 1.165) is 21.1 Å². The number of hydrogen-bond acceptors (Lipinski definition) is 4. The fourth-order valence-corrected chi connectivity index (χ4v) is 3.67. The third kappa shape index (κ3) is 6.32. The molecule has 1 aromatic heterocycles. The lowest BCUT2D eigenvalue weighted by atomic mass is 10.3. The first-order chi connectivity index (χ1) is 11.0. The molecular formula is C15H15Br2N3O2S. The molecule has 3 amide bonds. The Morgan fingerprint density at radius 3 is 2.70 bits per heavy atom. The third-order valence-corrected chi connectivity index (χ3v) is 4.95. The van der Waals surface area contributed by atoms with Crippen molar-refractivity contribution in [2.24, 2.45) is 0 Å². The van der Waals surface area contributed by atoms with Crippen LogP contribution in [-0.2, 0) is 11.2 Å². The third-order valence-electron chi connectivity index (χ3n) is 2.86. The number of rotatable bonds is 6. The Morgan fingerprint density at radius 1 is 1.17 bits per heavy atom. The van der Waals surface area contributed by atoms with Crippen LogP contribution in [0, 0.1) is 0 Å². The molecule has 0 saturated heterocycles. The highest BCUT2D eigenvalue weighted by Gasteiger charge is 2.08. The van der Waals surface area contributed by atoms with Crippen LogP contribution < -0.4 is 16.0 Å². The molecule has 0 spiro atoms. The summed E-state index contributed by atoms with van der Waals surface area (Å²) in [5.41, 5.74) is 0.779. The van der Waals surface area contributed by atoms with Crippen LogP contribution in [0.5, 0.6) is 0 Å². The van der Waals surface area contributed by atoms with Gasteiger partial charge in [-0.3, -0.25) is 10.1 Å². The Bertz CT molecular complexity index is 677. The van der Waals surface area contributed by atoms with Crippen LogP contribution in [0.1, 0.15) is 4.88 Å². The second-order valence-corrected chi connectivity index (χ2v) is 7.41. The molecule has 0 aliphatic carbocycles. The molecule has 0 saturated carbocycles. The summed E-state index contributed by atoms with van der Waals surface area (Å²) in [6.45, 7) is 0.504. The van der Waals surface area contributed by atoms with Gasteiger partial charge >= 0.3 is 6.03 Å². The molecule has 3 N–H and O–H groups in total. The van der Waals surface area contributed by atoms with Gasteiger partial charge in [0.15, 0.2) is 0 Å². The minimum atomic E-state index is -0.483. The Labute approximate surface area is 155 Å². The van der Waals surface area contributed by atoms with Gasteiger partial charge in [0.05, 0.1) is 6.54 Å². The summed E-state index contributed by atoms with van der Waals surface area (Å²) in [5.74, 6) is -0.395. The summed E-state index contributed by atoms with van der Waals surface area (Å²) in [6.07, 6.45) is 0.753. The molecule has 0 fully saturated rings. The number of amides is 3. The molecule has 1 heterocycles. The minimum absolute atomic E-state index is 0.0125. The zero-order valence-corrected chi connectivity index (χ0v) is 16.1. The molecule has 8 heteroatoms. The first-order valence-electron chi connectivity index (χ1n) is 6.83. The van der Waals surface area contributed by atoms with Gasteiger partial charge in [0.2, 0.25) is 5.91 Å². The Hall–Kier alpha value is -1.38. The molecule has 0 unspecified atom stereocenters. The summed E-state index contributed by atoms with van der Waals surface area (Å²) in [6, 6.07) is 9.07. The van der Waals surface area contributed by atoms with Gasteiger partial charge in [0.1, 0.15) is 0 Å². The first kappa shape index (κ1) is 18.0. The maximum absolute atomic E-state index is 11.7. The average Bonchev–Trinajstić information content (AvgIpc) is 2.99. The van der Waals surface area contributed by atoms with Crippen molar-refractivity contribution in [3.05, 3.63) is 49.5 Å². The quantitative estimate of drug-likeness (QED) is 0.614. The van der Waals surface area contributed by atoms with Gasteiger partial charge in [-0.25, -0.2) is 4.79 Å². The van der Waals surface area contributed by atoms with Crippen LogP contribution in [0.4, 0.5) is 10.5 Å². The smallest absolute Gasteiger partial charge is 0.321 e. The van der Waals surface area contributed by atoms with Crippen LogP contribution in [0.3, 0.4) is 0 Å². The molecule has 23 heavy (non-hydrogen) atoms. The highest BCUT2D eigenvalue weighted by atomic mass is 79.9. The van der Waals surface area contributed by atoms with E-state index >= 15 is 0 Å². The maximum atomic E-state index is 11.7. The van der Waals surface area contributed by atoms with Crippen molar-refractivity contribution < 1.29 is 9.59 Å². The number of halogens is 2. The van der Waals surface area contributed by atoms with Crippen molar-refractivity contribution in [2.75, 3.05) is 18.4 Å². The van der Waals surface area contributed by atoms with Gasteiger partial charge < -0.3 is 10.6 Å². The molecule has 0 radical (unpaired) electrons. The number of anilines is 1. The van der Waals surface area contributed by atoms with Crippen molar-refractivity contribution in [1.82, 2.24) is 10.6 Å². The Kier molecular flexibility index (Phi) is 7.07. The van der Waals surface area contributed by atoms with Gasteiger partial charge in [0.25, 0.3) is 0 Å². The predicted octanol–water partition coefficient (Wildman–Crippen LogP) is 3.75. The number of carbonyl (C=O) groups excluding carboxylic acids is 2. The molecular weight excluding hydrogens is 446 g/mol. The number of imide groups is 1. The summed E-state index contributed by atoms with van der Waals surface area (Å²) in [7, 11) is 0. The van der Waals surface area contributed by atoms with E-state index in [4.69, 9.17) is 0 Å². The normalized spacial score (nSPS) is 10.2. The van der Waals surface area contributed by atoms with Gasteiger partial charge in [-0.15, -0.1) is 11.3 Å². The average molecular weight is 461 g/mol. The van der Waals surface area contributed by atoms with E-state index in [1.165, 1.54) is 4.88 Å². The fraction of sp³-hybridized carbons (Fsp3) is 0.200. The summed E-state index contributed by atoms with van der Waals surface area (Å²) < 4.78 is 1.77. The van der Waals surface area contributed by atoms with E-state index < -0.39 is 11.9 Å². The highest BCUT2D eigenvalue weighted by Crippen LogP contribution is 2.25. The number of carbonyl (C=O) groups is 2. The molecule has 2 aromatic rings. The predicted molar refractivity (Wildman–Crippen MR) is 99.9 cm³/mol. The van der Waals surface area contributed by atoms with E-state index in [2.05, 4.69) is 47.8 Å². The molecule has 0 atom stereocenters. The highest BCUT2D eigenvalue weighted by molar-refractivity contribution is 9.11. The van der Waals surface area contributed by atoms with Gasteiger partial charge in [-0.2, -0.15) is 0 Å². The number of benzene rings is 1. The minimum Gasteiger partial charge on any atom is -0.375 e. The van der Waals surface area contributed by atoms with Crippen molar-refractivity contribution >= 4 is 60.8 Å². The van der Waals surface area contributed by atoms with Crippen LogP contribution in [0.15, 0.2) is 44.7 Å². The summed E-state index contributed by atoms with van der Waals surface area (Å²) in [5, 5.41) is 9.91. The van der Waals surface area contributed by atoms with E-state index in [1.807, 2.05) is 35.7 Å². The van der Waals surface area contributed by atoms with Crippen molar-refractivity contribution in [1.29, 1.82) is 0 Å². The SMILES string of the molecule is O=C(CNc1ccc(Br)cc1Br)NC(=O)NCCc1cccs1. The Balaban J connectivity index is 1.68. The number of urea groups is 1. The molecule has 0 bridgehead atoms. The number of thiophene rings is 1. The van der Waals surface area contributed by atoms with E-state index in [-0.39, 0.29) is 6.54 Å². The van der Waals surface area contributed by atoms with Crippen molar-refractivity contribution in [3.8, 4) is 0 Å². The molecule has 2 rings (SSSR count). The molecule has 122 valence electrons. The second kappa shape index (κ2) is 9.05. The van der Waals surface area contributed by atoms with E-state index in [0.29, 0.717) is 6.54 Å². The van der Waals surface area contributed by atoms with Crippen LogP contribution in [-0.4, -0.2) is 25.0 Å². The van der Waals surface area contributed by atoms with Gasteiger partial charge in [-0.1, -0.05) is 22.0 Å². The molecule has 1 aromatic carbocycles. The lowest BCUT2D eigenvalue weighted by molar-refractivity contribution is -0.118. The zero-order chi connectivity index (χ0) is 16.7. The maximum Gasteiger partial charge on any atom is 0.321 e. The van der Waals surface area contributed by atoms with Crippen molar-refractivity contribution in [3.63, 3.8) is 0 Å². The van der Waals surface area contributed by atoms with Crippen LogP contribution in [0.2, 0.25) is 0 Å². The standard InChI is InChI=1S/C15H15Br2N3O2S/c16-10-3-4-13(12(17)8-10)19-9-14(21)20-15(22)18-6-5-11-2-1-7-23-11/h1-4,7-8,19H,5-6,9H2,(H2,18,20,21,22). The van der Waals surface area contributed by atoms with E-state index in [1.54, 1.807) is 11.3 Å². The lowest BCUT2D eigenvalue weighted by Crippen LogP contribution is -2.42. The Morgan fingerprint density at radius 2 is 2.00 bits per heavy atom. The fourth-order valence-electron chi connectivity index (χ4n) is 1.78. The van der Waals surface area contributed by atoms with Crippen molar-refractivity contribution in [2.45, 2.75) is 6.42 Å². The topological polar surface area (TPSA) is 70.2 Å². The largest absolute Gasteiger partial charge is 0.375 e. The monoisotopic (exact) mass is 459 g/mol. The molecule has 0 aliphatic heterocycles. The van der Waals surface area contributed by atoms with Crippen LogP contribution in [0.25, 0.3) is 0 Å². The number of hydrogen-bond donors (Lipinski definition) is 3.